The summed E-state index contributed by atoms with van der Waals surface area (Å²) in [5, 5.41) is 8.20. The van der Waals surface area contributed by atoms with Gasteiger partial charge in [0.15, 0.2) is 5.11 Å². The smallest absolute Gasteiger partial charge is 0.170 e. The minimum atomic E-state index is 0.128. The fourth-order valence-corrected chi connectivity index (χ4v) is 5.23. The molecule has 1 atom stereocenters. The number of hydrogen-bond acceptors (Lipinski definition) is 3. The number of thiocarbonyl (C=S) groups is 1. The van der Waals surface area contributed by atoms with E-state index in [0.29, 0.717) is 11.2 Å². The SMILES string of the molecule is C[C@@H]1CCCCN1c1ccc(NC(=S)NCC2(c3ccc(Cl)cc3)CCCC2)cn1. The molecule has 1 saturated carbocycles. The Morgan fingerprint density at radius 2 is 1.90 bits per heavy atom. The quantitative estimate of drug-likeness (QED) is 0.563. The van der Waals surface area contributed by atoms with E-state index in [4.69, 9.17) is 23.8 Å². The van der Waals surface area contributed by atoms with Crippen LogP contribution in [0.2, 0.25) is 5.02 Å². The van der Waals surface area contributed by atoms with E-state index in [0.717, 1.165) is 29.6 Å². The number of nitrogens with zero attached hydrogens (tertiary/aromatic N) is 2. The molecule has 2 aromatic rings. The van der Waals surface area contributed by atoms with E-state index >= 15 is 0 Å². The Morgan fingerprint density at radius 1 is 1.13 bits per heavy atom. The van der Waals surface area contributed by atoms with Gasteiger partial charge in [-0.15, -0.1) is 0 Å². The molecule has 0 amide bonds. The molecule has 1 aromatic carbocycles. The van der Waals surface area contributed by atoms with Crippen LogP contribution < -0.4 is 15.5 Å². The molecule has 2 N–H and O–H groups in total. The molecular weight excluding hydrogens is 412 g/mol. The van der Waals surface area contributed by atoms with Crippen molar-refractivity contribution >= 4 is 40.4 Å². The lowest BCUT2D eigenvalue weighted by molar-refractivity contribution is 0.435. The Bertz CT molecular complexity index is 847. The van der Waals surface area contributed by atoms with Gasteiger partial charge in [0.2, 0.25) is 0 Å². The molecule has 2 fully saturated rings. The molecular formula is C24H31ClN4S. The van der Waals surface area contributed by atoms with Crippen LogP contribution in [-0.2, 0) is 5.41 Å². The number of hydrogen-bond donors (Lipinski definition) is 2. The van der Waals surface area contributed by atoms with E-state index in [1.165, 1.54) is 50.5 Å². The van der Waals surface area contributed by atoms with Gasteiger partial charge in [0.1, 0.15) is 5.82 Å². The van der Waals surface area contributed by atoms with Crippen molar-refractivity contribution in [2.45, 2.75) is 63.3 Å². The molecule has 4 rings (SSSR count). The van der Waals surface area contributed by atoms with Gasteiger partial charge in [0, 0.05) is 29.6 Å². The van der Waals surface area contributed by atoms with Crippen molar-refractivity contribution in [3.05, 3.63) is 53.2 Å². The lowest BCUT2D eigenvalue weighted by Crippen LogP contribution is -2.40. The molecule has 1 aliphatic heterocycles. The van der Waals surface area contributed by atoms with Gasteiger partial charge in [-0.25, -0.2) is 4.98 Å². The van der Waals surface area contributed by atoms with Gasteiger partial charge < -0.3 is 15.5 Å². The van der Waals surface area contributed by atoms with Gasteiger partial charge in [-0.2, -0.15) is 0 Å². The third-order valence-electron chi connectivity index (χ3n) is 6.71. The highest BCUT2D eigenvalue weighted by molar-refractivity contribution is 7.80. The molecule has 0 bridgehead atoms. The van der Waals surface area contributed by atoms with Gasteiger partial charge in [-0.05, 0) is 81.1 Å². The van der Waals surface area contributed by atoms with Crippen molar-refractivity contribution in [2.24, 2.45) is 0 Å². The van der Waals surface area contributed by atoms with Crippen LogP contribution in [0.5, 0.6) is 0 Å². The van der Waals surface area contributed by atoms with Gasteiger partial charge in [0.25, 0.3) is 0 Å². The maximum atomic E-state index is 6.09. The first-order valence-electron chi connectivity index (χ1n) is 11.1. The number of rotatable bonds is 5. The summed E-state index contributed by atoms with van der Waals surface area (Å²) in [7, 11) is 0. The highest BCUT2D eigenvalue weighted by atomic mass is 35.5. The van der Waals surface area contributed by atoms with E-state index < -0.39 is 0 Å². The second-order valence-electron chi connectivity index (χ2n) is 8.75. The Balaban J connectivity index is 1.35. The summed E-state index contributed by atoms with van der Waals surface area (Å²) in [5.41, 5.74) is 2.40. The third kappa shape index (κ3) is 4.89. The van der Waals surface area contributed by atoms with Crippen LogP contribution in [0.25, 0.3) is 0 Å². The molecule has 4 nitrogen and oxygen atoms in total. The summed E-state index contributed by atoms with van der Waals surface area (Å²) in [6.45, 7) is 4.20. The summed E-state index contributed by atoms with van der Waals surface area (Å²) in [4.78, 5) is 7.08. The summed E-state index contributed by atoms with van der Waals surface area (Å²) < 4.78 is 0. The standard InChI is InChI=1S/C24H31ClN4S/c1-18-6-2-5-15-29(18)22-12-11-21(16-26-22)28-23(30)27-17-24(13-3-4-14-24)19-7-9-20(25)10-8-19/h7-12,16,18H,2-6,13-15,17H2,1H3,(H2,27,28,30)/t18-/m1/s1. The molecule has 1 aromatic heterocycles. The van der Waals surface area contributed by atoms with Gasteiger partial charge in [-0.3, -0.25) is 0 Å². The fourth-order valence-electron chi connectivity index (χ4n) is 4.92. The molecule has 2 aliphatic rings. The third-order valence-corrected chi connectivity index (χ3v) is 7.21. The second-order valence-corrected chi connectivity index (χ2v) is 9.59. The maximum Gasteiger partial charge on any atom is 0.170 e. The van der Waals surface area contributed by atoms with Crippen LogP contribution in [0, 0.1) is 0 Å². The van der Waals surface area contributed by atoms with Crippen LogP contribution >= 0.6 is 23.8 Å². The molecule has 160 valence electrons. The number of aromatic nitrogens is 1. The first-order chi connectivity index (χ1) is 14.6. The summed E-state index contributed by atoms with van der Waals surface area (Å²) in [6, 6.07) is 13.0. The Kier molecular flexibility index (Phi) is 6.79. The molecule has 30 heavy (non-hydrogen) atoms. The lowest BCUT2D eigenvalue weighted by Gasteiger charge is -2.34. The second kappa shape index (κ2) is 9.52. The number of pyridine rings is 1. The zero-order valence-electron chi connectivity index (χ0n) is 17.7. The largest absolute Gasteiger partial charge is 0.362 e. The maximum absolute atomic E-state index is 6.09. The minimum Gasteiger partial charge on any atom is -0.362 e. The molecule has 1 aliphatic carbocycles. The molecule has 2 heterocycles. The minimum absolute atomic E-state index is 0.128. The first-order valence-corrected chi connectivity index (χ1v) is 11.9. The molecule has 0 radical (unpaired) electrons. The van der Waals surface area contributed by atoms with E-state index in [1.54, 1.807) is 0 Å². The topological polar surface area (TPSA) is 40.2 Å². The molecule has 0 spiro atoms. The number of nitrogens with one attached hydrogen (secondary N) is 2. The Labute approximate surface area is 190 Å². The monoisotopic (exact) mass is 442 g/mol. The average molecular weight is 443 g/mol. The van der Waals surface area contributed by atoms with E-state index in [9.17, 15) is 0 Å². The predicted octanol–water partition coefficient (Wildman–Crippen LogP) is 5.91. The average Bonchev–Trinajstić information content (AvgIpc) is 3.24. The van der Waals surface area contributed by atoms with Gasteiger partial charge in [-0.1, -0.05) is 36.6 Å². The van der Waals surface area contributed by atoms with Crippen LogP contribution in [-0.4, -0.2) is 29.2 Å². The van der Waals surface area contributed by atoms with Crippen molar-refractivity contribution in [2.75, 3.05) is 23.3 Å². The summed E-state index contributed by atoms with van der Waals surface area (Å²) in [5.74, 6) is 1.05. The van der Waals surface area contributed by atoms with Crippen molar-refractivity contribution < 1.29 is 0 Å². The van der Waals surface area contributed by atoms with Crippen LogP contribution in [0.4, 0.5) is 11.5 Å². The van der Waals surface area contributed by atoms with E-state index in [2.05, 4.69) is 51.7 Å². The van der Waals surface area contributed by atoms with Crippen molar-refractivity contribution in [1.29, 1.82) is 0 Å². The van der Waals surface area contributed by atoms with E-state index in [1.807, 2.05) is 18.3 Å². The Morgan fingerprint density at radius 3 is 2.57 bits per heavy atom. The van der Waals surface area contributed by atoms with Crippen LogP contribution in [0.3, 0.4) is 0 Å². The van der Waals surface area contributed by atoms with Crippen molar-refractivity contribution in [1.82, 2.24) is 10.3 Å². The van der Waals surface area contributed by atoms with E-state index in [-0.39, 0.29) is 5.41 Å². The van der Waals surface area contributed by atoms with Crippen molar-refractivity contribution in [3.63, 3.8) is 0 Å². The normalized spacial score (nSPS) is 20.7. The lowest BCUT2D eigenvalue weighted by atomic mass is 9.79. The predicted molar refractivity (Wildman–Crippen MR) is 131 cm³/mol. The van der Waals surface area contributed by atoms with Gasteiger partial charge >= 0.3 is 0 Å². The zero-order chi connectivity index (χ0) is 21.0. The first kappa shape index (κ1) is 21.4. The Hall–Kier alpha value is -1.85. The zero-order valence-corrected chi connectivity index (χ0v) is 19.2. The van der Waals surface area contributed by atoms with Crippen LogP contribution in [0.15, 0.2) is 42.6 Å². The van der Waals surface area contributed by atoms with Crippen LogP contribution in [0.1, 0.15) is 57.4 Å². The molecule has 1 saturated heterocycles. The number of benzene rings is 1. The fraction of sp³-hybridized carbons (Fsp3) is 0.500. The highest BCUT2D eigenvalue weighted by Crippen LogP contribution is 2.41. The highest BCUT2D eigenvalue weighted by Gasteiger charge is 2.35. The van der Waals surface area contributed by atoms with Crippen molar-refractivity contribution in [3.8, 4) is 0 Å². The van der Waals surface area contributed by atoms with Gasteiger partial charge in [0.05, 0.1) is 11.9 Å². The molecule has 0 unspecified atom stereocenters. The number of piperidine rings is 1. The number of anilines is 2. The summed E-state index contributed by atoms with van der Waals surface area (Å²) >= 11 is 11.7. The number of halogens is 1. The summed E-state index contributed by atoms with van der Waals surface area (Å²) in [6.07, 6.45) is 10.5. The molecule has 6 heteroatoms.